The molecule has 38 heavy (non-hydrogen) atoms. The fourth-order valence-corrected chi connectivity index (χ4v) is 6.40. The molecule has 0 saturated heterocycles. The zero-order valence-electron chi connectivity index (χ0n) is 22.5. The standard InChI is InChI=1S/C31H33Cl2NO4/c1-30(2)12-21-27(23(35)14-30)26(28-22(34-21)13-31(3,4)15-24(28)36)18-10-20(33)29(25(11-18)37-5)38-16-17-6-8-19(32)9-7-17/h6-11,26,34H,12-16H2,1-5H3. The van der Waals surface area contributed by atoms with E-state index in [9.17, 15) is 9.59 Å². The summed E-state index contributed by atoms with van der Waals surface area (Å²) in [6.45, 7) is 8.72. The molecule has 3 aliphatic rings. The fraction of sp³-hybridized carbons (Fsp3) is 0.419. The van der Waals surface area contributed by atoms with Gasteiger partial charge in [0.1, 0.15) is 6.61 Å². The number of dihydropyridines is 1. The summed E-state index contributed by atoms with van der Waals surface area (Å²) in [7, 11) is 1.56. The third-order valence-corrected chi connectivity index (χ3v) is 8.13. The van der Waals surface area contributed by atoms with Crippen LogP contribution in [0.4, 0.5) is 0 Å². The Hall–Kier alpha value is -2.76. The predicted octanol–water partition coefficient (Wildman–Crippen LogP) is 7.55. The van der Waals surface area contributed by atoms with Gasteiger partial charge in [0.05, 0.1) is 12.1 Å². The molecule has 0 fully saturated rings. The molecule has 200 valence electrons. The van der Waals surface area contributed by atoms with E-state index in [1.807, 2.05) is 24.3 Å². The van der Waals surface area contributed by atoms with Crippen LogP contribution >= 0.6 is 23.2 Å². The number of ether oxygens (including phenoxy) is 2. The Kier molecular flexibility index (Phi) is 6.90. The summed E-state index contributed by atoms with van der Waals surface area (Å²) in [4.78, 5) is 27.2. The van der Waals surface area contributed by atoms with E-state index >= 15 is 0 Å². The molecule has 0 saturated carbocycles. The van der Waals surface area contributed by atoms with Crippen LogP contribution < -0.4 is 14.8 Å². The first kappa shape index (κ1) is 26.8. The van der Waals surface area contributed by atoms with Crippen molar-refractivity contribution in [1.29, 1.82) is 0 Å². The van der Waals surface area contributed by atoms with Gasteiger partial charge < -0.3 is 14.8 Å². The Balaban J connectivity index is 1.59. The zero-order chi connectivity index (χ0) is 27.4. The normalized spacial score (nSPS) is 20.6. The molecule has 0 aromatic heterocycles. The monoisotopic (exact) mass is 553 g/mol. The van der Waals surface area contributed by atoms with Crippen LogP contribution in [-0.4, -0.2) is 18.7 Å². The number of carbonyl (C=O) groups excluding carboxylic acids is 2. The smallest absolute Gasteiger partial charge is 0.180 e. The van der Waals surface area contributed by atoms with Gasteiger partial charge in [-0.25, -0.2) is 0 Å². The minimum atomic E-state index is -0.495. The Morgan fingerprint density at radius 3 is 1.95 bits per heavy atom. The van der Waals surface area contributed by atoms with Crippen molar-refractivity contribution in [1.82, 2.24) is 5.32 Å². The summed E-state index contributed by atoms with van der Waals surface area (Å²) in [6, 6.07) is 11.1. The molecular weight excluding hydrogens is 521 g/mol. The van der Waals surface area contributed by atoms with Gasteiger partial charge in [-0.1, -0.05) is 63.0 Å². The number of nitrogens with one attached hydrogen (secondary N) is 1. The van der Waals surface area contributed by atoms with Gasteiger partial charge in [0, 0.05) is 46.3 Å². The number of ketones is 2. The molecule has 1 heterocycles. The average Bonchev–Trinajstić information content (AvgIpc) is 2.81. The van der Waals surface area contributed by atoms with E-state index in [0.717, 1.165) is 35.4 Å². The number of hydrogen-bond donors (Lipinski definition) is 1. The first-order valence-corrected chi connectivity index (χ1v) is 13.7. The lowest BCUT2D eigenvalue weighted by Crippen LogP contribution is -2.42. The van der Waals surface area contributed by atoms with Crippen LogP contribution in [0.15, 0.2) is 58.9 Å². The van der Waals surface area contributed by atoms with Crippen molar-refractivity contribution in [2.24, 2.45) is 10.8 Å². The second-order valence-corrected chi connectivity index (χ2v) is 13.0. The molecule has 1 aliphatic heterocycles. The second-order valence-electron chi connectivity index (χ2n) is 12.2. The van der Waals surface area contributed by atoms with E-state index < -0.39 is 5.92 Å². The molecule has 2 aromatic carbocycles. The number of halogens is 2. The lowest BCUT2D eigenvalue weighted by atomic mass is 9.64. The summed E-state index contributed by atoms with van der Waals surface area (Å²) in [5, 5.41) is 4.56. The van der Waals surface area contributed by atoms with Crippen molar-refractivity contribution in [3.8, 4) is 11.5 Å². The lowest BCUT2D eigenvalue weighted by Gasteiger charge is -2.44. The van der Waals surface area contributed by atoms with Crippen molar-refractivity contribution >= 4 is 34.8 Å². The quantitative estimate of drug-likeness (QED) is 0.414. The molecular formula is C31H33Cl2NO4. The van der Waals surface area contributed by atoms with Gasteiger partial charge in [0.15, 0.2) is 23.1 Å². The highest BCUT2D eigenvalue weighted by Gasteiger charge is 2.46. The van der Waals surface area contributed by atoms with Crippen molar-refractivity contribution in [2.75, 3.05) is 7.11 Å². The largest absolute Gasteiger partial charge is 0.493 e. The van der Waals surface area contributed by atoms with Crippen LogP contribution in [0, 0.1) is 10.8 Å². The van der Waals surface area contributed by atoms with Crippen LogP contribution in [0.5, 0.6) is 11.5 Å². The number of hydrogen-bond acceptors (Lipinski definition) is 5. The summed E-state index contributed by atoms with van der Waals surface area (Å²) in [5.74, 6) is 0.506. The molecule has 0 amide bonds. The minimum Gasteiger partial charge on any atom is -0.493 e. The van der Waals surface area contributed by atoms with Crippen LogP contribution in [0.3, 0.4) is 0 Å². The molecule has 5 rings (SSSR count). The molecule has 5 nitrogen and oxygen atoms in total. The van der Waals surface area contributed by atoms with Gasteiger partial charge >= 0.3 is 0 Å². The van der Waals surface area contributed by atoms with E-state index in [1.165, 1.54) is 0 Å². The van der Waals surface area contributed by atoms with E-state index in [2.05, 4.69) is 33.0 Å². The van der Waals surface area contributed by atoms with Crippen molar-refractivity contribution in [3.05, 3.63) is 80.1 Å². The highest BCUT2D eigenvalue weighted by atomic mass is 35.5. The second kappa shape index (κ2) is 9.77. The van der Waals surface area contributed by atoms with Crippen LogP contribution in [0.1, 0.15) is 70.4 Å². The maximum absolute atomic E-state index is 13.6. The van der Waals surface area contributed by atoms with Crippen LogP contribution in [0.2, 0.25) is 10.0 Å². The SMILES string of the molecule is COc1cc(C2C3=C(CC(C)(C)CC3=O)NC3=C2C(=O)CC(C)(C)C3)cc(Cl)c1OCc1ccc(Cl)cc1. The number of benzene rings is 2. The number of allylic oxidation sites excluding steroid dienone is 4. The third kappa shape index (κ3) is 5.11. The first-order chi connectivity index (χ1) is 17.9. The molecule has 0 spiro atoms. The maximum Gasteiger partial charge on any atom is 0.180 e. The van der Waals surface area contributed by atoms with Gasteiger partial charge in [-0.15, -0.1) is 0 Å². The number of methoxy groups -OCH3 is 1. The van der Waals surface area contributed by atoms with Crippen molar-refractivity contribution < 1.29 is 19.1 Å². The Bertz CT molecular complexity index is 1330. The molecule has 0 atom stereocenters. The van der Waals surface area contributed by atoms with E-state index in [1.54, 1.807) is 19.2 Å². The van der Waals surface area contributed by atoms with Gasteiger partial charge in [-0.05, 0) is 59.1 Å². The summed E-state index contributed by atoms with van der Waals surface area (Å²) < 4.78 is 11.8. The van der Waals surface area contributed by atoms with Crippen molar-refractivity contribution in [3.63, 3.8) is 0 Å². The predicted molar refractivity (Wildman–Crippen MR) is 150 cm³/mol. The lowest BCUT2D eigenvalue weighted by molar-refractivity contribution is -0.119. The third-order valence-electron chi connectivity index (χ3n) is 7.60. The minimum absolute atomic E-state index is 0.0658. The molecule has 0 bridgehead atoms. The first-order valence-electron chi connectivity index (χ1n) is 12.9. The Morgan fingerprint density at radius 2 is 1.42 bits per heavy atom. The van der Waals surface area contributed by atoms with Gasteiger partial charge in [-0.2, -0.15) is 0 Å². The number of carbonyl (C=O) groups is 2. The van der Waals surface area contributed by atoms with E-state index in [0.29, 0.717) is 45.5 Å². The molecule has 2 aliphatic carbocycles. The molecule has 2 aromatic rings. The molecule has 1 N–H and O–H groups in total. The average molecular weight is 555 g/mol. The highest BCUT2D eigenvalue weighted by molar-refractivity contribution is 6.32. The van der Waals surface area contributed by atoms with E-state index in [4.69, 9.17) is 32.7 Å². The number of rotatable bonds is 5. The van der Waals surface area contributed by atoms with E-state index in [-0.39, 0.29) is 29.0 Å². The van der Waals surface area contributed by atoms with Gasteiger partial charge in [0.2, 0.25) is 0 Å². The van der Waals surface area contributed by atoms with Gasteiger partial charge in [-0.3, -0.25) is 9.59 Å². The molecule has 0 unspecified atom stereocenters. The molecule has 7 heteroatoms. The summed E-state index contributed by atoms with van der Waals surface area (Å²) in [5.41, 5.74) is 4.55. The van der Waals surface area contributed by atoms with Gasteiger partial charge in [0.25, 0.3) is 0 Å². The van der Waals surface area contributed by atoms with Crippen molar-refractivity contribution in [2.45, 2.75) is 65.9 Å². The summed E-state index contributed by atoms with van der Waals surface area (Å²) in [6.07, 6.45) is 2.34. The topological polar surface area (TPSA) is 64.6 Å². The fourth-order valence-electron chi connectivity index (χ4n) is 6.00. The van der Waals surface area contributed by atoms with Crippen LogP contribution in [-0.2, 0) is 16.2 Å². The number of Topliss-reactive ketones (excluding diaryl/α,β-unsaturated/α-hetero) is 2. The Morgan fingerprint density at radius 1 is 0.868 bits per heavy atom. The zero-order valence-corrected chi connectivity index (χ0v) is 24.0. The highest BCUT2D eigenvalue weighted by Crippen LogP contribution is 2.52. The maximum atomic E-state index is 13.6. The summed E-state index contributed by atoms with van der Waals surface area (Å²) >= 11 is 12.8. The molecule has 0 radical (unpaired) electrons. The van der Waals surface area contributed by atoms with Crippen LogP contribution in [0.25, 0.3) is 0 Å². The Labute approximate surface area is 234 Å².